The molecule has 0 bridgehead atoms. The van der Waals surface area contributed by atoms with E-state index in [0.29, 0.717) is 5.75 Å². The van der Waals surface area contributed by atoms with Crippen LogP contribution in [0.4, 0.5) is 0 Å². The van der Waals surface area contributed by atoms with Crippen molar-refractivity contribution >= 4 is 11.8 Å². The summed E-state index contributed by atoms with van der Waals surface area (Å²) >= 11 is 1.42. The largest absolute Gasteiger partial charge is 0.394 e. The molecule has 0 amide bonds. The molecule has 1 atom stereocenters. The van der Waals surface area contributed by atoms with Crippen LogP contribution in [-0.2, 0) is 0 Å². The molecule has 0 aliphatic heterocycles. The van der Waals surface area contributed by atoms with E-state index in [4.69, 9.17) is 10.2 Å². The van der Waals surface area contributed by atoms with Gasteiger partial charge in [0, 0.05) is 11.4 Å². The van der Waals surface area contributed by atoms with E-state index in [0.717, 1.165) is 16.5 Å². The number of aliphatic hydroxyl groups excluding tert-OH is 2. The zero-order chi connectivity index (χ0) is 10.6. The topological polar surface area (TPSA) is 66.2 Å². The van der Waals surface area contributed by atoms with Crippen molar-refractivity contribution in [1.82, 2.24) is 9.97 Å². The normalized spacial score (nSPS) is 12.9. The molecule has 4 nitrogen and oxygen atoms in total. The minimum absolute atomic E-state index is 0.212. The van der Waals surface area contributed by atoms with E-state index in [1.54, 1.807) is 0 Å². The van der Waals surface area contributed by atoms with Gasteiger partial charge in [0.25, 0.3) is 0 Å². The molecule has 0 radical (unpaired) electrons. The van der Waals surface area contributed by atoms with Gasteiger partial charge in [-0.2, -0.15) is 0 Å². The third-order valence-electron chi connectivity index (χ3n) is 1.58. The molecule has 0 aliphatic carbocycles. The lowest BCUT2D eigenvalue weighted by Crippen LogP contribution is -2.14. The second-order valence-corrected chi connectivity index (χ2v) is 4.08. The molecule has 0 spiro atoms. The smallest absolute Gasteiger partial charge is 0.126 e. The molecular formula is C9H14N2O2S. The van der Waals surface area contributed by atoms with Gasteiger partial charge >= 0.3 is 0 Å². The summed E-state index contributed by atoms with van der Waals surface area (Å²) in [5.74, 6) is 1.18. The Morgan fingerprint density at radius 2 is 2.14 bits per heavy atom. The minimum Gasteiger partial charge on any atom is -0.394 e. The number of hydrogen-bond acceptors (Lipinski definition) is 5. The summed E-state index contributed by atoms with van der Waals surface area (Å²) in [5, 5.41) is 18.6. The van der Waals surface area contributed by atoms with E-state index in [1.165, 1.54) is 11.8 Å². The number of aliphatic hydroxyl groups is 2. The second kappa shape index (κ2) is 5.29. The Bertz CT molecular complexity index is 287. The molecular weight excluding hydrogens is 200 g/mol. The van der Waals surface area contributed by atoms with Gasteiger partial charge in [0.1, 0.15) is 10.9 Å². The van der Waals surface area contributed by atoms with Crippen molar-refractivity contribution in [2.75, 3.05) is 12.4 Å². The second-order valence-electron chi connectivity index (χ2n) is 3.04. The fourth-order valence-electron chi connectivity index (χ4n) is 0.991. The summed E-state index contributed by atoms with van der Waals surface area (Å²) in [4.78, 5) is 8.34. The lowest BCUT2D eigenvalue weighted by Gasteiger charge is -2.06. The molecule has 14 heavy (non-hydrogen) atoms. The summed E-state index contributed by atoms with van der Waals surface area (Å²) in [6.07, 6.45) is -0.685. The van der Waals surface area contributed by atoms with Crippen LogP contribution in [0.1, 0.15) is 11.5 Å². The highest BCUT2D eigenvalue weighted by Crippen LogP contribution is 2.16. The van der Waals surface area contributed by atoms with Crippen LogP contribution in [0.3, 0.4) is 0 Å². The zero-order valence-electron chi connectivity index (χ0n) is 8.27. The highest BCUT2D eigenvalue weighted by molar-refractivity contribution is 7.99. The van der Waals surface area contributed by atoms with Crippen LogP contribution >= 0.6 is 11.8 Å². The van der Waals surface area contributed by atoms with Gasteiger partial charge in [-0.05, 0) is 19.9 Å². The third-order valence-corrected chi connectivity index (χ3v) is 2.63. The Morgan fingerprint density at radius 1 is 1.43 bits per heavy atom. The summed E-state index contributed by atoms with van der Waals surface area (Å²) in [7, 11) is 0. The summed E-state index contributed by atoms with van der Waals surface area (Å²) in [5.41, 5.74) is 0.915. The average molecular weight is 214 g/mol. The molecule has 1 rings (SSSR count). The maximum atomic E-state index is 9.14. The van der Waals surface area contributed by atoms with Crippen LogP contribution in [0.5, 0.6) is 0 Å². The molecule has 0 saturated heterocycles. The van der Waals surface area contributed by atoms with Crippen molar-refractivity contribution in [3.8, 4) is 0 Å². The average Bonchev–Trinajstić information content (AvgIpc) is 2.12. The SMILES string of the molecule is Cc1cc(SCC(O)CO)nc(C)n1. The van der Waals surface area contributed by atoms with Gasteiger partial charge in [-0.1, -0.05) is 0 Å². The van der Waals surface area contributed by atoms with Crippen LogP contribution in [0.15, 0.2) is 11.1 Å². The van der Waals surface area contributed by atoms with E-state index in [2.05, 4.69) is 9.97 Å². The predicted octanol–water partition coefficient (Wildman–Crippen LogP) is 0.539. The molecule has 78 valence electrons. The van der Waals surface area contributed by atoms with Crippen molar-refractivity contribution in [1.29, 1.82) is 0 Å². The number of rotatable bonds is 4. The standard InChI is InChI=1S/C9H14N2O2S/c1-6-3-9(11-7(2)10-6)14-5-8(13)4-12/h3,8,12-13H,4-5H2,1-2H3. The lowest BCUT2D eigenvalue weighted by atomic mass is 10.4. The van der Waals surface area contributed by atoms with Crippen molar-refractivity contribution in [2.45, 2.75) is 25.0 Å². The van der Waals surface area contributed by atoms with E-state index in [9.17, 15) is 0 Å². The lowest BCUT2D eigenvalue weighted by molar-refractivity contribution is 0.113. The van der Waals surface area contributed by atoms with Crippen LogP contribution in [0, 0.1) is 13.8 Å². The van der Waals surface area contributed by atoms with Gasteiger partial charge in [0.2, 0.25) is 0 Å². The number of aromatic nitrogens is 2. The Labute approximate surface area is 87.4 Å². The number of nitrogens with zero attached hydrogens (tertiary/aromatic N) is 2. The van der Waals surface area contributed by atoms with Crippen molar-refractivity contribution in [3.05, 3.63) is 17.6 Å². The molecule has 5 heteroatoms. The fraction of sp³-hybridized carbons (Fsp3) is 0.556. The highest BCUT2D eigenvalue weighted by atomic mass is 32.2. The van der Waals surface area contributed by atoms with Gasteiger partial charge in [0.15, 0.2) is 0 Å². The maximum Gasteiger partial charge on any atom is 0.126 e. The molecule has 1 aromatic heterocycles. The monoisotopic (exact) mass is 214 g/mol. The molecule has 0 fully saturated rings. The first-order chi connectivity index (χ1) is 6.61. The van der Waals surface area contributed by atoms with E-state index >= 15 is 0 Å². The molecule has 0 aromatic carbocycles. The summed E-state index contributed by atoms with van der Waals surface area (Å²) in [6.45, 7) is 3.52. The molecule has 2 N–H and O–H groups in total. The van der Waals surface area contributed by atoms with Crippen molar-refractivity contribution in [3.63, 3.8) is 0 Å². The molecule has 0 saturated carbocycles. The van der Waals surface area contributed by atoms with Crippen LogP contribution in [0.2, 0.25) is 0 Å². The van der Waals surface area contributed by atoms with Crippen LogP contribution in [0.25, 0.3) is 0 Å². The zero-order valence-corrected chi connectivity index (χ0v) is 9.08. The van der Waals surface area contributed by atoms with E-state index < -0.39 is 6.10 Å². The molecule has 1 heterocycles. The maximum absolute atomic E-state index is 9.14. The predicted molar refractivity (Wildman–Crippen MR) is 55.3 cm³/mol. The fourth-order valence-corrected chi connectivity index (χ4v) is 1.91. The van der Waals surface area contributed by atoms with Gasteiger partial charge in [-0.25, -0.2) is 9.97 Å². The Hall–Kier alpha value is -0.650. The molecule has 1 unspecified atom stereocenters. The summed E-state index contributed by atoms with van der Waals surface area (Å²) in [6, 6.07) is 1.86. The number of aryl methyl sites for hydroxylation is 2. The van der Waals surface area contributed by atoms with E-state index in [-0.39, 0.29) is 6.61 Å². The Balaban J connectivity index is 2.58. The van der Waals surface area contributed by atoms with Crippen LogP contribution in [-0.4, -0.2) is 38.6 Å². The first-order valence-electron chi connectivity index (χ1n) is 4.36. The Kier molecular flexibility index (Phi) is 4.31. The van der Waals surface area contributed by atoms with Gasteiger partial charge in [-0.3, -0.25) is 0 Å². The summed E-state index contributed by atoms with van der Waals surface area (Å²) < 4.78 is 0. The van der Waals surface area contributed by atoms with Gasteiger partial charge in [0.05, 0.1) is 12.7 Å². The van der Waals surface area contributed by atoms with Gasteiger partial charge in [-0.15, -0.1) is 11.8 Å². The molecule has 1 aromatic rings. The minimum atomic E-state index is -0.685. The van der Waals surface area contributed by atoms with E-state index in [1.807, 2.05) is 19.9 Å². The number of thioether (sulfide) groups is 1. The number of hydrogen-bond donors (Lipinski definition) is 2. The van der Waals surface area contributed by atoms with Crippen molar-refractivity contribution < 1.29 is 10.2 Å². The van der Waals surface area contributed by atoms with Gasteiger partial charge < -0.3 is 10.2 Å². The third kappa shape index (κ3) is 3.61. The Morgan fingerprint density at radius 3 is 2.71 bits per heavy atom. The molecule has 0 aliphatic rings. The highest BCUT2D eigenvalue weighted by Gasteiger charge is 2.05. The first-order valence-corrected chi connectivity index (χ1v) is 5.34. The van der Waals surface area contributed by atoms with Crippen molar-refractivity contribution in [2.24, 2.45) is 0 Å². The first kappa shape index (κ1) is 11.4. The quantitative estimate of drug-likeness (QED) is 0.565. The van der Waals surface area contributed by atoms with Crippen LogP contribution < -0.4 is 0 Å².